The molecular formula is C18H18ClN3O3S. The molecule has 1 aromatic heterocycles. The van der Waals surface area contributed by atoms with Crippen molar-refractivity contribution in [3.63, 3.8) is 0 Å². The lowest BCUT2D eigenvalue weighted by Crippen LogP contribution is -2.28. The van der Waals surface area contributed by atoms with E-state index < -0.39 is 10.0 Å². The van der Waals surface area contributed by atoms with E-state index in [1.165, 1.54) is 22.5 Å². The van der Waals surface area contributed by atoms with Gasteiger partial charge in [-0.3, -0.25) is 9.78 Å². The lowest BCUT2D eigenvalue weighted by molar-refractivity contribution is -0.111. The predicted molar refractivity (Wildman–Crippen MR) is 101 cm³/mol. The van der Waals surface area contributed by atoms with Gasteiger partial charge in [-0.15, -0.1) is 0 Å². The van der Waals surface area contributed by atoms with E-state index >= 15 is 0 Å². The van der Waals surface area contributed by atoms with Gasteiger partial charge in [0.2, 0.25) is 15.9 Å². The second kappa shape index (κ2) is 7.99. The number of carbonyl (C=O) groups excluding carboxylic acids is 1. The maximum absolute atomic E-state index is 12.7. The third-order valence-corrected chi connectivity index (χ3v) is 6.36. The normalized spacial score (nSPS) is 15.4. The van der Waals surface area contributed by atoms with Gasteiger partial charge >= 0.3 is 0 Å². The summed E-state index contributed by atoms with van der Waals surface area (Å²) in [6.45, 7) is 0.976. The van der Waals surface area contributed by atoms with Crippen molar-refractivity contribution < 1.29 is 13.2 Å². The first-order chi connectivity index (χ1) is 12.5. The Hall–Kier alpha value is -2.22. The number of pyridine rings is 1. The topological polar surface area (TPSA) is 79.4 Å². The minimum atomic E-state index is -3.66. The van der Waals surface area contributed by atoms with Gasteiger partial charge in [-0.2, -0.15) is 4.31 Å². The van der Waals surface area contributed by atoms with Crippen molar-refractivity contribution in [2.24, 2.45) is 0 Å². The maximum atomic E-state index is 12.7. The quantitative estimate of drug-likeness (QED) is 0.794. The van der Waals surface area contributed by atoms with Crippen LogP contribution in [0.2, 0.25) is 5.02 Å². The third kappa shape index (κ3) is 4.30. The number of hydrogen-bond donors (Lipinski definition) is 1. The summed E-state index contributed by atoms with van der Waals surface area (Å²) < 4.78 is 26.8. The molecule has 0 radical (unpaired) electrons. The zero-order chi connectivity index (χ0) is 18.6. The molecule has 6 nitrogen and oxygen atoms in total. The summed E-state index contributed by atoms with van der Waals surface area (Å²) in [5.41, 5.74) is 1.01. The van der Waals surface area contributed by atoms with E-state index in [0.717, 1.165) is 12.8 Å². The van der Waals surface area contributed by atoms with Crippen molar-refractivity contribution >= 4 is 39.3 Å². The second-order valence-electron chi connectivity index (χ2n) is 5.83. The van der Waals surface area contributed by atoms with Crippen molar-refractivity contribution in [1.82, 2.24) is 9.29 Å². The van der Waals surface area contributed by atoms with E-state index in [4.69, 9.17) is 11.6 Å². The zero-order valence-electron chi connectivity index (χ0n) is 13.9. The first kappa shape index (κ1) is 18.6. The molecule has 1 aromatic carbocycles. The van der Waals surface area contributed by atoms with Crippen LogP contribution in [-0.2, 0) is 14.8 Å². The van der Waals surface area contributed by atoms with Crippen LogP contribution in [0.1, 0.15) is 18.5 Å². The Bertz CT molecular complexity index is 924. The summed E-state index contributed by atoms with van der Waals surface area (Å²) in [6.07, 6.45) is 6.22. The minimum Gasteiger partial charge on any atom is -0.322 e. The Kier molecular flexibility index (Phi) is 5.70. The number of nitrogens with one attached hydrogen (secondary N) is 1. The first-order valence-electron chi connectivity index (χ1n) is 8.16. The highest BCUT2D eigenvalue weighted by Crippen LogP contribution is 2.29. The summed E-state index contributed by atoms with van der Waals surface area (Å²) in [6, 6.07) is 9.81. The summed E-state index contributed by atoms with van der Waals surface area (Å²) in [5.74, 6) is -0.387. The first-order valence-corrected chi connectivity index (χ1v) is 9.98. The summed E-state index contributed by atoms with van der Waals surface area (Å²) in [7, 11) is -3.66. The van der Waals surface area contributed by atoms with E-state index in [2.05, 4.69) is 10.3 Å². The van der Waals surface area contributed by atoms with Gasteiger partial charge in [0.1, 0.15) is 4.90 Å². The van der Waals surface area contributed by atoms with Gasteiger partial charge in [-0.05, 0) is 49.2 Å². The Balaban J connectivity index is 1.77. The van der Waals surface area contributed by atoms with Crippen molar-refractivity contribution in [2.75, 3.05) is 18.4 Å². The van der Waals surface area contributed by atoms with Crippen LogP contribution < -0.4 is 5.32 Å². The van der Waals surface area contributed by atoms with Crippen LogP contribution >= 0.6 is 11.6 Å². The molecule has 2 heterocycles. The Labute approximate surface area is 157 Å². The van der Waals surface area contributed by atoms with E-state index in [1.807, 2.05) is 6.07 Å². The number of halogens is 1. The number of anilines is 1. The van der Waals surface area contributed by atoms with E-state index in [-0.39, 0.29) is 15.8 Å². The van der Waals surface area contributed by atoms with Crippen LogP contribution in [0.15, 0.2) is 53.6 Å². The number of hydrogen-bond acceptors (Lipinski definition) is 4. The molecule has 0 unspecified atom stereocenters. The lowest BCUT2D eigenvalue weighted by Gasteiger charge is -2.17. The number of amides is 1. The number of sulfonamides is 1. The SMILES string of the molecule is O=C(/C=C/c1ccccn1)Nc1ccc(Cl)c(S(=O)(=O)N2CCCC2)c1. The molecule has 136 valence electrons. The van der Waals surface area contributed by atoms with Crippen molar-refractivity contribution in [3.05, 3.63) is 59.4 Å². The number of nitrogens with zero attached hydrogens (tertiary/aromatic N) is 2. The molecule has 0 bridgehead atoms. The van der Waals surface area contributed by atoms with E-state index in [1.54, 1.807) is 30.5 Å². The smallest absolute Gasteiger partial charge is 0.248 e. The van der Waals surface area contributed by atoms with Crippen LogP contribution in [0.5, 0.6) is 0 Å². The molecule has 0 atom stereocenters. The molecule has 1 aliphatic rings. The Morgan fingerprint density at radius 1 is 1.19 bits per heavy atom. The monoisotopic (exact) mass is 391 g/mol. The van der Waals surface area contributed by atoms with Gasteiger partial charge < -0.3 is 5.32 Å². The summed E-state index contributed by atoms with van der Waals surface area (Å²) in [5, 5.41) is 2.79. The molecule has 1 amide bonds. The molecule has 8 heteroatoms. The van der Waals surface area contributed by atoms with Crippen LogP contribution in [0.3, 0.4) is 0 Å². The predicted octanol–water partition coefficient (Wildman–Crippen LogP) is 3.17. The number of benzene rings is 1. The van der Waals surface area contributed by atoms with Gasteiger partial charge in [0.15, 0.2) is 0 Å². The molecule has 1 fully saturated rings. The molecule has 0 spiro atoms. The molecule has 1 N–H and O–H groups in total. The maximum Gasteiger partial charge on any atom is 0.248 e. The van der Waals surface area contributed by atoms with Crippen LogP contribution in [0.4, 0.5) is 5.69 Å². The van der Waals surface area contributed by atoms with Gasteiger partial charge in [0.05, 0.1) is 10.7 Å². The number of rotatable bonds is 5. The lowest BCUT2D eigenvalue weighted by atomic mass is 10.3. The second-order valence-corrected chi connectivity index (χ2v) is 8.15. The van der Waals surface area contributed by atoms with Gasteiger partial charge in [0.25, 0.3) is 0 Å². The fourth-order valence-electron chi connectivity index (χ4n) is 2.67. The van der Waals surface area contributed by atoms with Crippen molar-refractivity contribution in [2.45, 2.75) is 17.7 Å². The van der Waals surface area contributed by atoms with Gasteiger partial charge in [-0.25, -0.2) is 8.42 Å². The molecule has 0 aliphatic carbocycles. The molecule has 1 saturated heterocycles. The average molecular weight is 392 g/mol. The molecule has 0 saturated carbocycles. The third-order valence-electron chi connectivity index (χ3n) is 3.97. The zero-order valence-corrected chi connectivity index (χ0v) is 15.5. The fraction of sp³-hybridized carbons (Fsp3) is 0.222. The highest BCUT2D eigenvalue weighted by atomic mass is 35.5. The van der Waals surface area contributed by atoms with Crippen molar-refractivity contribution in [3.8, 4) is 0 Å². The van der Waals surface area contributed by atoms with Crippen molar-refractivity contribution in [1.29, 1.82) is 0 Å². The van der Waals surface area contributed by atoms with Crippen LogP contribution in [0, 0.1) is 0 Å². The van der Waals surface area contributed by atoms with E-state index in [0.29, 0.717) is 24.5 Å². The standard InChI is InChI=1S/C18H18ClN3O3S/c19-16-8-6-15(13-17(16)26(24,25)22-11-3-4-12-22)21-18(23)9-7-14-5-1-2-10-20-14/h1-2,5-10,13H,3-4,11-12H2,(H,21,23)/b9-7+. The van der Waals surface area contributed by atoms with Gasteiger partial charge in [0, 0.05) is 31.0 Å². The molecular weight excluding hydrogens is 374 g/mol. The van der Waals surface area contributed by atoms with Crippen LogP contribution in [0.25, 0.3) is 6.08 Å². The largest absolute Gasteiger partial charge is 0.322 e. The summed E-state index contributed by atoms with van der Waals surface area (Å²) >= 11 is 6.10. The highest BCUT2D eigenvalue weighted by Gasteiger charge is 2.29. The molecule has 2 aromatic rings. The number of carbonyl (C=O) groups is 1. The number of aromatic nitrogens is 1. The molecule has 1 aliphatic heterocycles. The Morgan fingerprint density at radius 3 is 2.65 bits per heavy atom. The minimum absolute atomic E-state index is 0.00701. The molecule has 3 rings (SSSR count). The fourth-order valence-corrected chi connectivity index (χ4v) is 4.68. The summed E-state index contributed by atoms with van der Waals surface area (Å²) in [4.78, 5) is 16.2. The molecule has 26 heavy (non-hydrogen) atoms. The average Bonchev–Trinajstić information content (AvgIpc) is 3.18. The highest BCUT2D eigenvalue weighted by molar-refractivity contribution is 7.89. The van der Waals surface area contributed by atoms with Crippen LogP contribution in [-0.4, -0.2) is 36.7 Å². The van der Waals surface area contributed by atoms with Gasteiger partial charge in [-0.1, -0.05) is 17.7 Å². The van der Waals surface area contributed by atoms with E-state index in [9.17, 15) is 13.2 Å². The Morgan fingerprint density at radius 2 is 1.96 bits per heavy atom.